The van der Waals surface area contributed by atoms with E-state index in [1.807, 2.05) is 0 Å². The van der Waals surface area contributed by atoms with Gasteiger partial charge in [-0.15, -0.1) is 0 Å². The second-order valence-corrected chi connectivity index (χ2v) is 3.54. The van der Waals surface area contributed by atoms with Crippen LogP contribution >= 0.6 is 0 Å². The molecule has 0 spiro atoms. The van der Waals surface area contributed by atoms with Crippen LogP contribution in [0, 0.1) is 5.82 Å². The average molecular weight is 243 g/mol. The first kappa shape index (κ1) is 13.9. The molecule has 96 valence electrons. The molecule has 17 heavy (non-hydrogen) atoms. The standard InChI is InChI=1S/C12H18FNO3/c1-15-11-5-4-9(13)8-10(11)12(16-2,17-3)6-7-14/h4-5,8H,6-7,14H2,1-3H3. The zero-order chi connectivity index (χ0) is 12.9. The molecule has 1 aromatic rings. The van der Waals surface area contributed by atoms with Gasteiger partial charge >= 0.3 is 0 Å². The van der Waals surface area contributed by atoms with Gasteiger partial charge in [0.15, 0.2) is 5.79 Å². The van der Waals surface area contributed by atoms with Gasteiger partial charge in [-0.05, 0) is 24.7 Å². The normalized spacial score (nSPS) is 11.6. The molecule has 0 bridgehead atoms. The predicted octanol–water partition coefficient (Wildman–Crippen LogP) is 1.63. The Morgan fingerprint density at radius 2 is 1.88 bits per heavy atom. The highest BCUT2D eigenvalue weighted by atomic mass is 19.1. The van der Waals surface area contributed by atoms with E-state index in [4.69, 9.17) is 19.9 Å². The Bertz CT molecular complexity index is 367. The topological polar surface area (TPSA) is 53.7 Å². The first-order valence-corrected chi connectivity index (χ1v) is 5.28. The number of nitrogens with two attached hydrogens (primary N) is 1. The molecule has 0 amide bonds. The molecular formula is C12H18FNO3. The summed E-state index contributed by atoms with van der Waals surface area (Å²) in [6.07, 6.45) is 0.403. The smallest absolute Gasteiger partial charge is 0.199 e. The van der Waals surface area contributed by atoms with Gasteiger partial charge in [0.05, 0.1) is 12.7 Å². The summed E-state index contributed by atoms with van der Waals surface area (Å²) >= 11 is 0. The van der Waals surface area contributed by atoms with Crippen LogP contribution in [0.4, 0.5) is 4.39 Å². The third kappa shape index (κ3) is 2.74. The maximum absolute atomic E-state index is 13.3. The monoisotopic (exact) mass is 243 g/mol. The lowest BCUT2D eigenvalue weighted by Crippen LogP contribution is -2.34. The molecule has 1 rings (SSSR count). The molecule has 1 aromatic carbocycles. The van der Waals surface area contributed by atoms with Crippen molar-refractivity contribution in [1.29, 1.82) is 0 Å². The van der Waals surface area contributed by atoms with Gasteiger partial charge in [-0.1, -0.05) is 0 Å². The van der Waals surface area contributed by atoms with Crippen molar-refractivity contribution < 1.29 is 18.6 Å². The Kier molecular flexibility index (Phi) is 4.86. The molecule has 2 N–H and O–H groups in total. The second kappa shape index (κ2) is 5.95. The third-order valence-corrected chi connectivity index (χ3v) is 2.70. The van der Waals surface area contributed by atoms with Gasteiger partial charge < -0.3 is 19.9 Å². The molecule has 0 fully saturated rings. The van der Waals surface area contributed by atoms with Crippen LogP contribution in [0.2, 0.25) is 0 Å². The van der Waals surface area contributed by atoms with E-state index in [2.05, 4.69) is 0 Å². The minimum Gasteiger partial charge on any atom is -0.496 e. The Hall–Kier alpha value is -1.17. The highest BCUT2D eigenvalue weighted by molar-refractivity contribution is 5.37. The van der Waals surface area contributed by atoms with Crippen molar-refractivity contribution in [3.63, 3.8) is 0 Å². The number of rotatable bonds is 6. The number of hydrogen-bond donors (Lipinski definition) is 1. The summed E-state index contributed by atoms with van der Waals surface area (Å²) in [6, 6.07) is 4.19. The molecular weight excluding hydrogens is 225 g/mol. The van der Waals surface area contributed by atoms with Gasteiger partial charge in [0.25, 0.3) is 0 Å². The van der Waals surface area contributed by atoms with Gasteiger partial charge in [-0.2, -0.15) is 0 Å². The summed E-state index contributed by atoms with van der Waals surface area (Å²) in [6.45, 7) is 0.349. The van der Waals surface area contributed by atoms with E-state index in [1.54, 1.807) is 0 Å². The molecule has 0 radical (unpaired) electrons. The molecule has 0 heterocycles. The van der Waals surface area contributed by atoms with Crippen molar-refractivity contribution in [3.05, 3.63) is 29.6 Å². The van der Waals surface area contributed by atoms with Crippen molar-refractivity contribution in [3.8, 4) is 5.75 Å². The van der Waals surface area contributed by atoms with Crippen molar-refractivity contribution >= 4 is 0 Å². The fourth-order valence-corrected chi connectivity index (χ4v) is 1.81. The lowest BCUT2D eigenvalue weighted by molar-refractivity contribution is -0.219. The molecule has 5 heteroatoms. The van der Waals surface area contributed by atoms with Crippen LogP contribution in [0.1, 0.15) is 12.0 Å². The first-order chi connectivity index (χ1) is 8.13. The average Bonchev–Trinajstić information content (AvgIpc) is 2.36. The highest BCUT2D eigenvalue weighted by Gasteiger charge is 2.34. The lowest BCUT2D eigenvalue weighted by atomic mass is 10.0. The number of hydrogen-bond acceptors (Lipinski definition) is 4. The largest absolute Gasteiger partial charge is 0.496 e. The highest BCUT2D eigenvalue weighted by Crippen LogP contribution is 2.36. The van der Waals surface area contributed by atoms with Crippen LogP contribution in [0.5, 0.6) is 5.75 Å². The fourth-order valence-electron chi connectivity index (χ4n) is 1.81. The van der Waals surface area contributed by atoms with Crippen molar-refractivity contribution in [2.75, 3.05) is 27.9 Å². The van der Waals surface area contributed by atoms with E-state index >= 15 is 0 Å². The molecule has 0 atom stereocenters. The van der Waals surface area contributed by atoms with Gasteiger partial charge in [-0.3, -0.25) is 0 Å². The van der Waals surface area contributed by atoms with Crippen LogP contribution in [0.25, 0.3) is 0 Å². The summed E-state index contributed by atoms with van der Waals surface area (Å²) in [5.41, 5.74) is 6.03. The maximum atomic E-state index is 13.3. The summed E-state index contributed by atoms with van der Waals surface area (Å²) in [7, 11) is 4.49. The van der Waals surface area contributed by atoms with E-state index in [0.717, 1.165) is 0 Å². The SMILES string of the molecule is COc1ccc(F)cc1C(CCN)(OC)OC. The Morgan fingerprint density at radius 3 is 2.35 bits per heavy atom. The second-order valence-electron chi connectivity index (χ2n) is 3.54. The number of ether oxygens (including phenoxy) is 3. The summed E-state index contributed by atoms with van der Waals surface area (Å²) in [5, 5.41) is 0. The van der Waals surface area contributed by atoms with Crippen molar-refractivity contribution in [1.82, 2.24) is 0 Å². The van der Waals surface area contributed by atoms with Gasteiger partial charge in [-0.25, -0.2) is 4.39 Å². The van der Waals surface area contributed by atoms with E-state index in [0.29, 0.717) is 24.3 Å². The van der Waals surface area contributed by atoms with E-state index < -0.39 is 5.79 Å². The summed E-state index contributed by atoms with van der Waals surface area (Å²) < 4.78 is 29.2. The molecule has 0 aliphatic rings. The van der Waals surface area contributed by atoms with E-state index in [-0.39, 0.29) is 5.82 Å². The van der Waals surface area contributed by atoms with Crippen molar-refractivity contribution in [2.45, 2.75) is 12.2 Å². The van der Waals surface area contributed by atoms with Crippen LogP contribution in [0.15, 0.2) is 18.2 Å². The molecule has 0 aliphatic carbocycles. The fraction of sp³-hybridized carbons (Fsp3) is 0.500. The molecule has 0 unspecified atom stereocenters. The summed E-state index contributed by atoms with van der Waals surface area (Å²) in [5.74, 6) is -0.956. The van der Waals surface area contributed by atoms with Crippen LogP contribution < -0.4 is 10.5 Å². The molecule has 0 saturated carbocycles. The van der Waals surface area contributed by atoms with Gasteiger partial charge in [0.2, 0.25) is 0 Å². The molecule has 0 saturated heterocycles. The predicted molar refractivity (Wildman–Crippen MR) is 62.3 cm³/mol. The number of methoxy groups -OCH3 is 3. The van der Waals surface area contributed by atoms with Gasteiger partial charge in [0, 0.05) is 20.6 Å². The Morgan fingerprint density at radius 1 is 1.24 bits per heavy atom. The number of benzene rings is 1. The van der Waals surface area contributed by atoms with Crippen LogP contribution in [0.3, 0.4) is 0 Å². The molecule has 0 aromatic heterocycles. The van der Waals surface area contributed by atoms with Crippen molar-refractivity contribution in [2.24, 2.45) is 5.73 Å². The zero-order valence-corrected chi connectivity index (χ0v) is 10.3. The Labute approximate surface area is 100 Å². The summed E-state index contributed by atoms with van der Waals surface area (Å²) in [4.78, 5) is 0. The minimum atomic E-state index is -1.08. The van der Waals surface area contributed by atoms with E-state index in [1.165, 1.54) is 39.5 Å². The number of halogens is 1. The van der Waals surface area contributed by atoms with Crippen LogP contribution in [-0.2, 0) is 15.3 Å². The maximum Gasteiger partial charge on any atom is 0.199 e. The van der Waals surface area contributed by atoms with Gasteiger partial charge in [0.1, 0.15) is 11.6 Å². The third-order valence-electron chi connectivity index (χ3n) is 2.70. The molecule has 4 nitrogen and oxygen atoms in total. The van der Waals surface area contributed by atoms with E-state index in [9.17, 15) is 4.39 Å². The quantitative estimate of drug-likeness (QED) is 0.771. The van der Waals surface area contributed by atoms with Crippen LogP contribution in [-0.4, -0.2) is 27.9 Å². The first-order valence-electron chi connectivity index (χ1n) is 5.28. The zero-order valence-electron chi connectivity index (χ0n) is 10.3. The molecule has 0 aliphatic heterocycles. The minimum absolute atomic E-state index is 0.349. The Balaban J connectivity index is 3.29. The lowest BCUT2D eigenvalue weighted by Gasteiger charge is -2.32.